The molecule has 0 aliphatic rings. The molecule has 0 aliphatic heterocycles. The molecule has 68 heavy (non-hydrogen) atoms. The predicted octanol–water partition coefficient (Wildman–Crippen LogP) is 11.4. The molecule has 0 bridgehead atoms. The van der Waals surface area contributed by atoms with E-state index in [1.54, 1.807) is 50.0 Å². The van der Waals surface area contributed by atoms with Crippen LogP contribution < -0.4 is 21.3 Å². The van der Waals surface area contributed by atoms with Gasteiger partial charge in [-0.1, -0.05) is 48.5 Å². The Morgan fingerprint density at radius 3 is 1.53 bits per heavy atom. The van der Waals surface area contributed by atoms with Gasteiger partial charge in [-0.2, -0.15) is 0 Å². The number of aromatic nitrogens is 8. The highest BCUT2D eigenvalue weighted by Crippen LogP contribution is 2.34. The maximum Gasteiger partial charge on any atom is 0.328 e. The highest BCUT2D eigenvalue weighted by molar-refractivity contribution is 6.00. The number of hydrogen-bond donors (Lipinski definition) is 3. The van der Waals surface area contributed by atoms with E-state index in [1.165, 1.54) is 35.5 Å². The minimum atomic E-state index is -0.382. The predicted molar refractivity (Wildman–Crippen MR) is 266 cm³/mol. The number of carbonyl (C=O) groups excluding carboxylic acids is 1. The molecule has 0 saturated carbocycles. The van der Waals surface area contributed by atoms with Gasteiger partial charge in [0.25, 0.3) is 0 Å². The molecule has 0 radical (unpaired) electrons. The maximum absolute atomic E-state index is 13.6. The minimum absolute atomic E-state index is 0.140. The quantitative estimate of drug-likeness (QED) is 0.139. The maximum atomic E-state index is 13.6. The lowest BCUT2D eigenvalue weighted by Gasteiger charge is -2.18. The number of nitrogens with zero attached hydrogens (tertiary/aromatic N) is 9. The summed E-state index contributed by atoms with van der Waals surface area (Å²) in [4.78, 5) is 48.9. The summed E-state index contributed by atoms with van der Waals surface area (Å²) in [5.74, 6) is -0.337. The second kappa shape index (κ2) is 20.8. The lowest BCUT2D eigenvalue weighted by molar-refractivity contribution is 0.258. The van der Waals surface area contributed by atoms with Gasteiger partial charge in [0, 0.05) is 82.3 Å². The van der Waals surface area contributed by atoms with Crippen LogP contribution in [0.25, 0.3) is 66.6 Å². The summed E-state index contributed by atoms with van der Waals surface area (Å²) < 4.78 is 26.9. The average Bonchev–Trinajstić information content (AvgIpc) is 3.37. The Balaban J connectivity index is 0.000000164. The van der Waals surface area contributed by atoms with Crippen molar-refractivity contribution < 1.29 is 13.6 Å². The molecule has 0 atom stereocenters. The van der Waals surface area contributed by atoms with Crippen molar-refractivity contribution in [3.63, 3.8) is 0 Å². The summed E-state index contributed by atoms with van der Waals surface area (Å²) in [6, 6.07) is 42.9. The van der Waals surface area contributed by atoms with E-state index in [0.29, 0.717) is 17.0 Å². The van der Waals surface area contributed by atoms with Crippen molar-refractivity contribution >= 4 is 51.1 Å². The van der Waals surface area contributed by atoms with Crippen molar-refractivity contribution in [2.75, 3.05) is 35.4 Å². The molecule has 0 aliphatic carbocycles. The molecule has 10 aromatic rings. The first-order valence-electron chi connectivity index (χ1n) is 21.3. The van der Waals surface area contributed by atoms with Gasteiger partial charge in [-0.15, -0.1) is 0 Å². The number of amides is 2. The van der Waals surface area contributed by atoms with Crippen LogP contribution >= 0.6 is 0 Å². The van der Waals surface area contributed by atoms with E-state index in [0.717, 1.165) is 72.4 Å². The second-order valence-corrected chi connectivity index (χ2v) is 15.3. The fraction of sp³-hybridized carbons (Fsp3) is 0.0755. The van der Waals surface area contributed by atoms with Gasteiger partial charge in [0.15, 0.2) is 0 Å². The fourth-order valence-electron chi connectivity index (χ4n) is 7.18. The van der Waals surface area contributed by atoms with E-state index in [1.807, 2.05) is 118 Å². The Kier molecular flexibility index (Phi) is 13.9. The molecule has 4 aromatic heterocycles. The normalized spacial score (nSPS) is 10.6. The summed E-state index contributed by atoms with van der Waals surface area (Å²) in [6.07, 6.45) is 6.42. The average molecular weight is 903 g/mol. The summed E-state index contributed by atoms with van der Waals surface area (Å²) >= 11 is 0. The zero-order valence-corrected chi connectivity index (χ0v) is 37.4. The third-order valence-electron chi connectivity index (χ3n) is 10.9. The number of nitrogens with one attached hydrogen (secondary N) is 2. The first-order chi connectivity index (χ1) is 33.0. The third kappa shape index (κ3) is 10.7. The topological polar surface area (TPSA) is 174 Å². The number of hydrogen-bond acceptors (Lipinski definition) is 11. The standard InChI is InChI=1S/C27H21FN6O.C19H14FN5.C7H9N/c1-17-22-14-19(10-13-24(22)31-16-30-17)23-15-29-26(32-25(23)18-8-11-20(28)12-9-18)33-27(35)34(2)21-6-4-3-5-7-21;1-11-15-8-13(4-7-17(15)24-10-23-11)16-9-22-19(21)25-18(16)12-2-5-14(20)6-3-12;1-8-7-5-3-2-4-6-7/h3-16H,1-2H3,(H,29,32,33,35);2-10H,1H3,(H2,21,22,25);2-6,8H,1H3. The van der Waals surface area contributed by atoms with Crippen LogP contribution in [-0.2, 0) is 0 Å². The number of fused-ring (bicyclic) bond motifs is 2. The lowest BCUT2D eigenvalue weighted by Crippen LogP contribution is -2.31. The van der Waals surface area contributed by atoms with E-state index in [-0.39, 0.29) is 29.6 Å². The van der Waals surface area contributed by atoms with Gasteiger partial charge in [0.1, 0.15) is 24.3 Å². The van der Waals surface area contributed by atoms with E-state index in [9.17, 15) is 13.6 Å². The van der Waals surface area contributed by atoms with Crippen LogP contribution in [0.15, 0.2) is 171 Å². The second-order valence-electron chi connectivity index (χ2n) is 15.3. The molecule has 0 saturated heterocycles. The van der Waals surface area contributed by atoms with Crippen molar-refractivity contribution in [3.05, 3.63) is 194 Å². The Bertz CT molecular complexity index is 3340. The smallest absolute Gasteiger partial charge is 0.328 e. The number of halogens is 2. The number of nitrogen functional groups attached to an aromatic ring is 1. The van der Waals surface area contributed by atoms with Crippen molar-refractivity contribution in [1.29, 1.82) is 0 Å². The summed E-state index contributed by atoms with van der Waals surface area (Å²) in [7, 11) is 3.58. The molecule has 0 unspecified atom stereocenters. The van der Waals surface area contributed by atoms with E-state index in [2.05, 4.69) is 50.5 Å². The summed E-state index contributed by atoms with van der Waals surface area (Å²) in [5, 5.41) is 7.65. The number of aryl methyl sites for hydroxylation is 2. The van der Waals surface area contributed by atoms with Crippen LogP contribution in [-0.4, -0.2) is 60.0 Å². The van der Waals surface area contributed by atoms with Gasteiger partial charge in [-0.3, -0.25) is 10.2 Å². The first kappa shape index (κ1) is 45.5. The third-order valence-corrected chi connectivity index (χ3v) is 10.9. The Morgan fingerprint density at radius 2 is 1.03 bits per heavy atom. The molecule has 336 valence electrons. The van der Waals surface area contributed by atoms with Gasteiger partial charge in [-0.05, 0) is 122 Å². The largest absolute Gasteiger partial charge is 0.388 e. The van der Waals surface area contributed by atoms with Crippen LogP contribution in [0, 0.1) is 25.5 Å². The summed E-state index contributed by atoms with van der Waals surface area (Å²) in [6.45, 7) is 3.86. The van der Waals surface area contributed by atoms with Gasteiger partial charge in [-0.25, -0.2) is 53.4 Å². The first-order valence-corrected chi connectivity index (χ1v) is 21.3. The Labute approximate surface area is 390 Å². The molecule has 13 nitrogen and oxygen atoms in total. The van der Waals surface area contributed by atoms with E-state index < -0.39 is 0 Å². The minimum Gasteiger partial charge on any atom is -0.388 e. The molecule has 15 heteroatoms. The molecular formula is C53H44F2N12O. The number of para-hydroxylation sites is 2. The van der Waals surface area contributed by atoms with Crippen molar-refractivity contribution in [1.82, 2.24) is 39.9 Å². The van der Waals surface area contributed by atoms with Crippen LogP contribution in [0.3, 0.4) is 0 Å². The Morgan fingerprint density at radius 1 is 0.559 bits per heavy atom. The molecule has 6 aromatic carbocycles. The molecule has 4 N–H and O–H groups in total. The van der Waals surface area contributed by atoms with E-state index in [4.69, 9.17) is 5.73 Å². The van der Waals surface area contributed by atoms with Gasteiger partial charge < -0.3 is 11.1 Å². The fourth-order valence-corrected chi connectivity index (χ4v) is 7.18. The zero-order valence-electron chi connectivity index (χ0n) is 37.4. The van der Waals surface area contributed by atoms with E-state index >= 15 is 0 Å². The van der Waals surface area contributed by atoms with Gasteiger partial charge in [0.05, 0.1) is 22.4 Å². The highest BCUT2D eigenvalue weighted by atomic mass is 19.1. The molecule has 10 rings (SSSR count). The van der Waals surface area contributed by atoms with Gasteiger partial charge in [0.2, 0.25) is 11.9 Å². The number of urea groups is 1. The monoisotopic (exact) mass is 902 g/mol. The van der Waals surface area contributed by atoms with Crippen LogP contribution in [0.2, 0.25) is 0 Å². The molecule has 0 spiro atoms. The molecule has 0 fully saturated rings. The number of nitrogens with two attached hydrogens (primary N) is 1. The number of rotatable bonds is 7. The van der Waals surface area contributed by atoms with Gasteiger partial charge >= 0.3 is 6.03 Å². The van der Waals surface area contributed by atoms with Crippen molar-refractivity contribution in [3.8, 4) is 44.8 Å². The van der Waals surface area contributed by atoms with Crippen molar-refractivity contribution in [2.45, 2.75) is 13.8 Å². The number of carbonyl (C=O) groups is 1. The van der Waals surface area contributed by atoms with Crippen LogP contribution in [0.1, 0.15) is 11.4 Å². The highest BCUT2D eigenvalue weighted by Gasteiger charge is 2.18. The molecule has 4 heterocycles. The van der Waals surface area contributed by atoms with Crippen molar-refractivity contribution in [2.24, 2.45) is 0 Å². The zero-order chi connectivity index (χ0) is 47.6. The number of anilines is 4. The number of benzene rings is 6. The lowest BCUT2D eigenvalue weighted by atomic mass is 9.99. The van der Waals surface area contributed by atoms with Crippen LogP contribution in [0.5, 0.6) is 0 Å². The Hall–Kier alpha value is -9.11. The molecule has 2 amide bonds. The molecular weight excluding hydrogens is 859 g/mol. The summed E-state index contributed by atoms with van der Waals surface area (Å²) in [5.41, 5.74) is 17.1. The SMILES string of the molecule is CNc1ccccc1.Cc1ncnc2ccc(-c3cnc(N)nc3-c3ccc(F)cc3)cc12.Cc1ncnc2ccc(-c3cnc(NC(=O)N(C)c4ccccc4)nc3-c3ccc(F)cc3)cc12. The van der Waals surface area contributed by atoms with Crippen LogP contribution in [0.4, 0.5) is 36.8 Å².